The van der Waals surface area contributed by atoms with E-state index in [0.717, 1.165) is 35.3 Å². The molecule has 0 aliphatic carbocycles. The Morgan fingerprint density at radius 2 is 2.00 bits per heavy atom. The number of aromatic hydroxyl groups is 1. The number of nitrogens with zero attached hydrogens (tertiary/aromatic N) is 3. The van der Waals surface area contributed by atoms with Crippen LogP contribution in [0.15, 0.2) is 42.7 Å². The van der Waals surface area contributed by atoms with Crippen molar-refractivity contribution in [2.45, 2.75) is 26.5 Å². The molecule has 0 unspecified atom stereocenters. The molecule has 3 aromatic rings. The monoisotopic (exact) mass is 283 g/mol. The van der Waals surface area contributed by atoms with E-state index in [4.69, 9.17) is 4.74 Å². The number of aromatic nitrogens is 3. The molecular formula is C16H17N3O2. The van der Waals surface area contributed by atoms with Gasteiger partial charge in [0, 0.05) is 6.54 Å². The standard InChI is InChI=1S/C16H17N3O2/c1-2-7-19-16(17-11-18-19)10-21-15-6-4-12-3-5-14(20)8-13(12)9-15/h3-6,8-9,11,20H,2,7,10H2,1H3. The predicted molar refractivity (Wildman–Crippen MR) is 80.3 cm³/mol. The Morgan fingerprint density at radius 1 is 1.14 bits per heavy atom. The Labute approximate surface area is 122 Å². The van der Waals surface area contributed by atoms with E-state index in [1.807, 2.05) is 28.9 Å². The highest BCUT2D eigenvalue weighted by Gasteiger charge is 2.05. The van der Waals surface area contributed by atoms with Gasteiger partial charge in [0.25, 0.3) is 0 Å². The van der Waals surface area contributed by atoms with Crippen molar-refractivity contribution in [2.75, 3.05) is 0 Å². The molecule has 108 valence electrons. The highest BCUT2D eigenvalue weighted by atomic mass is 16.5. The molecule has 0 spiro atoms. The lowest BCUT2D eigenvalue weighted by atomic mass is 10.1. The van der Waals surface area contributed by atoms with Gasteiger partial charge in [-0.2, -0.15) is 5.10 Å². The van der Waals surface area contributed by atoms with E-state index >= 15 is 0 Å². The zero-order chi connectivity index (χ0) is 14.7. The lowest BCUT2D eigenvalue weighted by molar-refractivity contribution is 0.286. The third-order valence-corrected chi connectivity index (χ3v) is 3.29. The summed E-state index contributed by atoms with van der Waals surface area (Å²) in [7, 11) is 0. The van der Waals surface area contributed by atoms with E-state index < -0.39 is 0 Å². The van der Waals surface area contributed by atoms with Gasteiger partial charge in [0.15, 0.2) is 5.82 Å². The van der Waals surface area contributed by atoms with Crippen LogP contribution in [0.2, 0.25) is 0 Å². The molecule has 2 aromatic carbocycles. The quantitative estimate of drug-likeness (QED) is 0.781. The van der Waals surface area contributed by atoms with E-state index in [1.165, 1.54) is 0 Å². The maximum Gasteiger partial charge on any atom is 0.164 e. The molecule has 0 radical (unpaired) electrons. The van der Waals surface area contributed by atoms with E-state index in [0.29, 0.717) is 6.61 Å². The number of fused-ring (bicyclic) bond motifs is 1. The first-order valence-corrected chi connectivity index (χ1v) is 6.98. The number of phenolic OH excluding ortho intramolecular Hbond substituents is 1. The molecule has 5 heteroatoms. The lowest BCUT2D eigenvalue weighted by Gasteiger charge is -2.08. The Hall–Kier alpha value is -2.56. The smallest absolute Gasteiger partial charge is 0.164 e. The number of aryl methyl sites for hydroxylation is 1. The van der Waals surface area contributed by atoms with Gasteiger partial charge in [0.2, 0.25) is 0 Å². The summed E-state index contributed by atoms with van der Waals surface area (Å²) in [4.78, 5) is 4.21. The molecule has 0 atom stereocenters. The van der Waals surface area contributed by atoms with Crippen molar-refractivity contribution < 1.29 is 9.84 Å². The molecule has 1 N–H and O–H groups in total. The number of ether oxygens (including phenoxy) is 1. The van der Waals surface area contributed by atoms with Crippen LogP contribution >= 0.6 is 0 Å². The van der Waals surface area contributed by atoms with E-state index in [2.05, 4.69) is 17.0 Å². The molecular weight excluding hydrogens is 266 g/mol. The van der Waals surface area contributed by atoms with Crippen molar-refractivity contribution in [1.82, 2.24) is 14.8 Å². The zero-order valence-electron chi connectivity index (χ0n) is 11.9. The SMILES string of the molecule is CCCn1ncnc1COc1ccc2ccc(O)cc2c1. The fraction of sp³-hybridized carbons (Fsp3) is 0.250. The Balaban J connectivity index is 1.77. The summed E-state index contributed by atoms with van der Waals surface area (Å²) >= 11 is 0. The van der Waals surface area contributed by atoms with Gasteiger partial charge in [-0.3, -0.25) is 0 Å². The summed E-state index contributed by atoms with van der Waals surface area (Å²) in [6.45, 7) is 3.32. The zero-order valence-corrected chi connectivity index (χ0v) is 11.9. The summed E-state index contributed by atoms with van der Waals surface area (Å²) in [6.07, 6.45) is 2.55. The second-order valence-corrected chi connectivity index (χ2v) is 4.88. The molecule has 21 heavy (non-hydrogen) atoms. The maximum absolute atomic E-state index is 9.53. The van der Waals surface area contributed by atoms with E-state index in [1.54, 1.807) is 18.5 Å². The van der Waals surface area contributed by atoms with Crippen LogP contribution in [0.5, 0.6) is 11.5 Å². The molecule has 0 saturated heterocycles. The van der Waals surface area contributed by atoms with Crippen LogP contribution in [-0.4, -0.2) is 19.9 Å². The second-order valence-electron chi connectivity index (χ2n) is 4.88. The summed E-state index contributed by atoms with van der Waals surface area (Å²) in [5.41, 5.74) is 0. The number of phenols is 1. The molecule has 0 aliphatic rings. The Kier molecular flexibility index (Phi) is 3.73. The minimum atomic E-state index is 0.252. The van der Waals surface area contributed by atoms with Crippen molar-refractivity contribution in [3.63, 3.8) is 0 Å². The topological polar surface area (TPSA) is 60.2 Å². The Morgan fingerprint density at radius 3 is 2.86 bits per heavy atom. The summed E-state index contributed by atoms with van der Waals surface area (Å²) < 4.78 is 7.63. The van der Waals surface area contributed by atoms with Gasteiger partial charge in [0.05, 0.1) is 0 Å². The average molecular weight is 283 g/mol. The summed E-state index contributed by atoms with van der Waals surface area (Å²) in [6, 6.07) is 11.1. The number of benzene rings is 2. The lowest BCUT2D eigenvalue weighted by Crippen LogP contribution is -2.08. The number of hydrogen-bond donors (Lipinski definition) is 1. The third-order valence-electron chi connectivity index (χ3n) is 3.29. The minimum Gasteiger partial charge on any atom is -0.508 e. The molecule has 5 nitrogen and oxygen atoms in total. The van der Waals surface area contributed by atoms with Crippen LogP contribution in [0.1, 0.15) is 19.2 Å². The number of hydrogen-bond acceptors (Lipinski definition) is 4. The summed E-state index contributed by atoms with van der Waals surface area (Å²) in [5, 5.41) is 15.7. The highest BCUT2D eigenvalue weighted by molar-refractivity contribution is 5.85. The molecule has 0 fully saturated rings. The maximum atomic E-state index is 9.53. The van der Waals surface area contributed by atoms with Crippen LogP contribution < -0.4 is 4.74 Å². The van der Waals surface area contributed by atoms with Gasteiger partial charge in [0.1, 0.15) is 24.4 Å². The molecule has 1 aromatic heterocycles. The van der Waals surface area contributed by atoms with Gasteiger partial charge in [-0.15, -0.1) is 0 Å². The van der Waals surface area contributed by atoms with Gasteiger partial charge in [-0.25, -0.2) is 9.67 Å². The second kappa shape index (κ2) is 5.83. The van der Waals surface area contributed by atoms with Crippen molar-refractivity contribution in [1.29, 1.82) is 0 Å². The van der Waals surface area contributed by atoms with Gasteiger partial charge < -0.3 is 9.84 Å². The Bertz CT molecular complexity index is 752. The molecule has 0 saturated carbocycles. The molecule has 3 rings (SSSR count). The van der Waals surface area contributed by atoms with Crippen LogP contribution in [0.4, 0.5) is 0 Å². The first-order valence-electron chi connectivity index (χ1n) is 6.98. The van der Waals surface area contributed by atoms with Crippen LogP contribution in [-0.2, 0) is 13.2 Å². The molecule has 0 bridgehead atoms. The van der Waals surface area contributed by atoms with Gasteiger partial charge in [-0.05, 0) is 41.5 Å². The molecule has 0 amide bonds. The van der Waals surface area contributed by atoms with E-state index in [-0.39, 0.29) is 5.75 Å². The third kappa shape index (κ3) is 2.97. The highest BCUT2D eigenvalue weighted by Crippen LogP contribution is 2.24. The number of rotatable bonds is 5. The van der Waals surface area contributed by atoms with E-state index in [9.17, 15) is 5.11 Å². The summed E-state index contributed by atoms with van der Waals surface area (Å²) in [5.74, 6) is 1.81. The first-order chi connectivity index (χ1) is 10.3. The largest absolute Gasteiger partial charge is 0.508 e. The fourth-order valence-electron chi connectivity index (χ4n) is 2.25. The van der Waals surface area contributed by atoms with Crippen molar-refractivity contribution in [2.24, 2.45) is 0 Å². The minimum absolute atomic E-state index is 0.252. The van der Waals surface area contributed by atoms with Crippen molar-refractivity contribution in [3.05, 3.63) is 48.5 Å². The average Bonchev–Trinajstić information content (AvgIpc) is 2.92. The fourth-order valence-corrected chi connectivity index (χ4v) is 2.25. The first kappa shape index (κ1) is 13.4. The normalized spacial score (nSPS) is 10.9. The van der Waals surface area contributed by atoms with Gasteiger partial charge in [-0.1, -0.05) is 19.1 Å². The molecule has 0 aliphatic heterocycles. The van der Waals surface area contributed by atoms with Crippen LogP contribution in [0.3, 0.4) is 0 Å². The van der Waals surface area contributed by atoms with Crippen molar-refractivity contribution >= 4 is 10.8 Å². The molecule has 1 heterocycles. The van der Waals surface area contributed by atoms with Crippen molar-refractivity contribution in [3.8, 4) is 11.5 Å². The van der Waals surface area contributed by atoms with Crippen LogP contribution in [0, 0.1) is 0 Å². The van der Waals surface area contributed by atoms with Gasteiger partial charge >= 0.3 is 0 Å². The van der Waals surface area contributed by atoms with Crippen LogP contribution in [0.25, 0.3) is 10.8 Å². The predicted octanol–water partition coefficient (Wildman–Crippen LogP) is 3.13.